The number of fused-ring (bicyclic) bond motifs is 1. The van der Waals surface area contributed by atoms with Crippen molar-refractivity contribution in [2.75, 3.05) is 33.7 Å². The highest BCUT2D eigenvalue weighted by atomic mass is 16.1. The fourth-order valence-electron chi connectivity index (χ4n) is 4.60. The molecule has 0 aromatic heterocycles. The van der Waals surface area contributed by atoms with Crippen molar-refractivity contribution in [3.8, 4) is 11.1 Å². The molecule has 0 aliphatic heterocycles. The number of amides is 1. The van der Waals surface area contributed by atoms with E-state index >= 15 is 0 Å². The molecule has 0 radical (unpaired) electrons. The van der Waals surface area contributed by atoms with Crippen molar-refractivity contribution in [1.82, 2.24) is 15.5 Å². The Balaban J connectivity index is 1.48. The van der Waals surface area contributed by atoms with Gasteiger partial charge in [-0.05, 0) is 72.1 Å². The van der Waals surface area contributed by atoms with Crippen molar-refractivity contribution >= 4 is 16.7 Å². The summed E-state index contributed by atoms with van der Waals surface area (Å²) in [5.74, 6) is -0.0318. The van der Waals surface area contributed by atoms with E-state index in [0.717, 1.165) is 38.0 Å². The zero-order valence-corrected chi connectivity index (χ0v) is 21.6. The van der Waals surface area contributed by atoms with Gasteiger partial charge in [0.15, 0.2) is 0 Å². The number of nitrogens with zero attached hydrogens (tertiary/aromatic N) is 1. The lowest BCUT2D eigenvalue weighted by Gasteiger charge is -2.25. The van der Waals surface area contributed by atoms with Crippen LogP contribution >= 0.6 is 0 Å². The fraction of sp³-hybridized carbons (Fsp3) is 0.281. The number of aryl methyl sites for hydroxylation is 1. The number of rotatable bonds is 11. The van der Waals surface area contributed by atoms with Crippen molar-refractivity contribution in [2.24, 2.45) is 0 Å². The van der Waals surface area contributed by atoms with Gasteiger partial charge in [-0.3, -0.25) is 4.79 Å². The summed E-state index contributed by atoms with van der Waals surface area (Å²) < 4.78 is 0. The van der Waals surface area contributed by atoms with E-state index < -0.39 is 0 Å². The Bertz CT molecular complexity index is 1260. The second kappa shape index (κ2) is 12.5. The van der Waals surface area contributed by atoms with Gasteiger partial charge in [-0.1, -0.05) is 85.8 Å². The second-order valence-electron chi connectivity index (χ2n) is 9.55. The molecule has 1 amide bonds. The summed E-state index contributed by atoms with van der Waals surface area (Å²) in [5, 5.41) is 8.98. The van der Waals surface area contributed by atoms with Crippen LogP contribution in [0.15, 0.2) is 91.0 Å². The van der Waals surface area contributed by atoms with Gasteiger partial charge in [0, 0.05) is 31.2 Å². The van der Waals surface area contributed by atoms with Gasteiger partial charge in [0.25, 0.3) is 5.91 Å². The monoisotopic (exact) mass is 479 g/mol. The van der Waals surface area contributed by atoms with Crippen molar-refractivity contribution in [2.45, 2.75) is 25.8 Å². The third kappa shape index (κ3) is 6.81. The predicted molar refractivity (Wildman–Crippen MR) is 152 cm³/mol. The number of carbonyl (C=O) groups excluding carboxylic acids is 1. The molecule has 4 rings (SSSR count). The van der Waals surface area contributed by atoms with E-state index in [1.165, 1.54) is 27.5 Å². The molecule has 0 fully saturated rings. The van der Waals surface area contributed by atoms with E-state index in [0.29, 0.717) is 5.56 Å². The Kier molecular flexibility index (Phi) is 8.88. The lowest BCUT2D eigenvalue weighted by atomic mass is 10.00. The summed E-state index contributed by atoms with van der Waals surface area (Å²) in [7, 11) is 4.07. The maximum atomic E-state index is 13.2. The highest BCUT2D eigenvalue weighted by molar-refractivity contribution is 5.95. The van der Waals surface area contributed by atoms with Gasteiger partial charge >= 0.3 is 0 Å². The first-order chi connectivity index (χ1) is 17.6. The molecule has 1 atom stereocenters. The molecule has 0 aliphatic rings. The van der Waals surface area contributed by atoms with E-state index in [9.17, 15) is 4.79 Å². The zero-order valence-electron chi connectivity index (χ0n) is 21.6. The first kappa shape index (κ1) is 25.6. The molecule has 0 unspecified atom stereocenters. The smallest absolute Gasteiger partial charge is 0.251 e. The normalized spacial score (nSPS) is 12.1. The predicted octanol–water partition coefficient (Wildman–Crippen LogP) is 5.56. The Morgan fingerprint density at radius 3 is 2.14 bits per heavy atom. The molecule has 0 spiro atoms. The molecule has 36 heavy (non-hydrogen) atoms. The van der Waals surface area contributed by atoms with Gasteiger partial charge in [0.05, 0.1) is 0 Å². The number of benzene rings is 4. The summed E-state index contributed by atoms with van der Waals surface area (Å²) in [4.78, 5) is 15.5. The average molecular weight is 480 g/mol. The topological polar surface area (TPSA) is 44.4 Å². The lowest BCUT2D eigenvalue weighted by molar-refractivity contribution is 0.0928. The minimum absolute atomic E-state index is 0.00165. The minimum Gasteiger partial charge on any atom is -0.348 e. The minimum atomic E-state index is -0.0318. The van der Waals surface area contributed by atoms with Crippen LogP contribution in [0.2, 0.25) is 0 Å². The van der Waals surface area contributed by atoms with Crippen molar-refractivity contribution < 1.29 is 4.79 Å². The Labute approximate surface area is 215 Å². The Hall–Kier alpha value is -3.47. The number of nitrogens with one attached hydrogen (secondary N) is 2. The van der Waals surface area contributed by atoms with Crippen molar-refractivity contribution in [3.05, 3.63) is 108 Å². The average Bonchev–Trinajstić information content (AvgIpc) is 2.92. The molecule has 2 N–H and O–H groups in total. The van der Waals surface area contributed by atoms with Crippen LogP contribution in [0.5, 0.6) is 0 Å². The van der Waals surface area contributed by atoms with Crippen LogP contribution in [0.3, 0.4) is 0 Å². The second-order valence-corrected chi connectivity index (χ2v) is 9.55. The van der Waals surface area contributed by atoms with Crippen LogP contribution in [-0.2, 0) is 12.8 Å². The van der Waals surface area contributed by atoms with Crippen molar-refractivity contribution in [3.63, 3.8) is 0 Å². The van der Waals surface area contributed by atoms with Gasteiger partial charge < -0.3 is 15.5 Å². The van der Waals surface area contributed by atoms with Gasteiger partial charge in [0.2, 0.25) is 0 Å². The summed E-state index contributed by atoms with van der Waals surface area (Å²) in [6, 6.07) is 31.5. The molecule has 0 bridgehead atoms. The molecule has 4 aromatic carbocycles. The number of hydrogen-bond acceptors (Lipinski definition) is 3. The van der Waals surface area contributed by atoms with Gasteiger partial charge in [0.1, 0.15) is 0 Å². The molecule has 0 saturated carbocycles. The summed E-state index contributed by atoms with van der Waals surface area (Å²) in [6.45, 7) is 4.77. The molecule has 4 nitrogen and oxygen atoms in total. The van der Waals surface area contributed by atoms with E-state index in [1.54, 1.807) is 0 Å². The fourth-order valence-corrected chi connectivity index (χ4v) is 4.60. The lowest BCUT2D eigenvalue weighted by Crippen LogP contribution is -2.45. The van der Waals surface area contributed by atoms with E-state index in [2.05, 4.69) is 96.2 Å². The van der Waals surface area contributed by atoms with Gasteiger partial charge in [-0.2, -0.15) is 0 Å². The molecule has 0 saturated heterocycles. The molecule has 4 aromatic rings. The quantitative estimate of drug-likeness (QED) is 0.296. The highest BCUT2D eigenvalue weighted by Crippen LogP contribution is 2.21. The number of carbonyl (C=O) groups is 1. The van der Waals surface area contributed by atoms with Crippen LogP contribution in [0, 0.1) is 0 Å². The number of likely N-dealkylation sites (N-methyl/N-ethyl adjacent to an activating group) is 2. The molecular formula is C32H37N3O. The van der Waals surface area contributed by atoms with Crippen LogP contribution in [0.4, 0.5) is 0 Å². The highest BCUT2D eigenvalue weighted by Gasteiger charge is 2.17. The van der Waals surface area contributed by atoms with Crippen LogP contribution in [0.25, 0.3) is 21.9 Å². The Morgan fingerprint density at radius 2 is 1.47 bits per heavy atom. The maximum absolute atomic E-state index is 13.2. The molecule has 0 heterocycles. The van der Waals surface area contributed by atoms with Crippen molar-refractivity contribution in [1.29, 1.82) is 0 Å². The first-order valence-corrected chi connectivity index (χ1v) is 12.9. The molecule has 4 heteroatoms. The summed E-state index contributed by atoms with van der Waals surface area (Å²) in [5.41, 5.74) is 5.53. The summed E-state index contributed by atoms with van der Waals surface area (Å²) >= 11 is 0. The SMILES string of the molecule is CCc1ccc(-c2ccc(C(=O)N[C@@H](Cc3ccc4ccccc4c3)CN(C)CCNC)cc2)cc1. The Morgan fingerprint density at radius 1 is 0.833 bits per heavy atom. The third-order valence-electron chi connectivity index (χ3n) is 6.75. The van der Waals surface area contributed by atoms with Crippen LogP contribution < -0.4 is 10.6 Å². The standard InChI is InChI=1S/C32H37N3O/c1-4-24-9-12-27(13-10-24)28-15-17-29(18-16-28)32(36)34-31(23-35(3)20-19-33-2)22-25-11-14-26-7-5-6-8-30(26)21-25/h5-18,21,31,33H,4,19-20,22-23H2,1-3H3,(H,34,36)/t31-/m0/s1. The van der Waals surface area contributed by atoms with Crippen LogP contribution in [0.1, 0.15) is 28.4 Å². The van der Waals surface area contributed by atoms with E-state index in [1.807, 2.05) is 31.3 Å². The van der Waals surface area contributed by atoms with Gasteiger partial charge in [-0.15, -0.1) is 0 Å². The van der Waals surface area contributed by atoms with Crippen LogP contribution in [-0.4, -0.2) is 50.6 Å². The van der Waals surface area contributed by atoms with E-state index in [4.69, 9.17) is 0 Å². The zero-order chi connectivity index (χ0) is 25.3. The summed E-state index contributed by atoms with van der Waals surface area (Å²) in [6.07, 6.45) is 1.81. The van der Waals surface area contributed by atoms with Gasteiger partial charge in [-0.25, -0.2) is 0 Å². The molecule has 186 valence electrons. The third-order valence-corrected chi connectivity index (χ3v) is 6.75. The molecule has 0 aliphatic carbocycles. The molecular weight excluding hydrogens is 442 g/mol. The maximum Gasteiger partial charge on any atom is 0.251 e. The largest absolute Gasteiger partial charge is 0.348 e. The first-order valence-electron chi connectivity index (χ1n) is 12.9. The number of hydrogen-bond donors (Lipinski definition) is 2. The van der Waals surface area contributed by atoms with E-state index in [-0.39, 0.29) is 11.9 Å².